The van der Waals surface area contributed by atoms with Gasteiger partial charge in [0.2, 0.25) is 5.76 Å². The summed E-state index contributed by atoms with van der Waals surface area (Å²) in [5.74, 6) is 0.158. The molecular formula is C23H23NO5. The number of carbonyl (C=O) groups is 1. The molecule has 0 radical (unpaired) electrons. The van der Waals surface area contributed by atoms with Crippen LogP contribution in [-0.4, -0.2) is 29.1 Å². The Kier molecular flexibility index (Phi) is 5.01. The van der Waals surface area contributed by atoms with Crippen LogP contribution in [0.1, 0.15) is 54.4 Å². The van der Waals surface area contributed by atoms with Crippen molar-refractivity contribution in [2.24, 2.45) is 0 Å². The first kappa shape index (κ1) is 19.1. The second kappa shape index (κ2) is 7.62. The van der Waals surface area contributed by atoms with Crippen molar-refractivity contribution in [3.8, 4) is 11.5 Å². The standard InChI is InChI=1S/C23H23NO5/c1-3-5-12-24-20(14-10-11-16(25)18(13-14)28-4-2)19-21(26)15-8-6-7-9-17(15)29-22(19)23(24)27/h6-11,13,20,25H,3-5,12H2,1-2H3/t20-/m0/s1. The normalized spacial score (nSPS) is 15.7. The second-order valence-corrected chi connectivity index (χ2v) is 7.08. The summed E-state index contributed by atoms with van der Waals surface area (Å²) in [5, 5.41) is 10.5. The lowest BCUT2D eigenvalue weighted by Gasteiger charge is -2.25. The maximum Gasteiger partial charge on any atom is 0.290 e. The van der Waals surface area contributed by atoms with Crippen LogP contribution >= 0.6 is 0 Å². The molecule has 3 aromatic rings. The van der Waals surface area contributed by atoms with E-state index in [2.05, 4.69) is 0 Å². The van der Waals surface area contributed by atoms with Crippen molar-refractivity contribution in [3.63, 3.8) is 0 Å². The molecule has 0 bridgehead atoms. The number of amides is 1. The smallest absolute Gasteiger partial charge is 0.290 e. The molecule has 1 aromatic heterocycles. The van der Waals surface area contributed by atoms with Crippen molar-refractivity contribution in [1.82, 2.24) is 4.90 Å². The van der Waals surface area contributed by atoms with E-state index in [9.17, 15) is 14.7 Å². The van der Waals surface area contributed by atoms with Gasteiger partial charge >= 0.3 is 0 Å². The largest absolute Gasteiger partial charge is 0.504 e. The number of phenols is 1. The van der Waals surface area contributed by atoms with Crippen molar-refractivity contribution in [1.29, 1.82) is 0 Å². The third-order valence-electron chi connectivity index (χ3n) is 5.23. The first-order valence-electron chi connectivity index (χ1n) is 9.89. The van der Waals surface area contributed by atoms with Crippen LogP contribution in [0.25, 0.3) is 11.0 Å². The molecule has 2 heterocycles. The monoisotopic (exact) mass is 393 g/mol. The Bertz CT molecular complexity index is 1130. The fourth-order valence-electron chi connectivity index (χ4n) is 3.84. The van der Waals surface area contributed by atoms with Gasteiger partial charge in [0.15, 0.2) is 16.9 Å². The summed E-state index contributed by atoms with van der Waals surface area (Å²) < 4.78 is 11.4. The van der Waals surface area contributed by atoms with Crippen LogP contribution in [0.3, 0.4) is 0 Å². The molecule has 0 fully saturated rings. The highest BCUT2D eigenvalue weighted by molar-refractivity contribution is 5.99. The SMILES string of the molecule is CCCCN1C(=O)c2oc3ccccc3c(=O)c2[C@@H]1c1ccc(O)c(OCC)c1. The highest BCUT2D eigenvalue weighted by atomic mass is 16.5. The zero-order valence-electron chi connectivity index (χ0n) is 16.5. The van der Waals surface area contributed by atoms with Crippen LogP contribution < -0.4 is 10.2 Å². The molecule has 6 nitrogen and oxygen atoms in total. The van der Waals surface area contributed by atoms with E-state index in [0.29, 0.717) is 41.0 Å². The van der Waals surface area contributed by atoms with Crippen molar-refractivity contribution in [3.05, 3.63) is 69.6 Å². The summed E-state index contributed by atoms with van der Waals surface area (Å²) in [6.07, 6.45) is 1.72. The van der Waals surface area contributed by atoms with E-state index in [1.807, 2.05) is 13.8 Å². The van der Waals surface area contributed by atoms with Crippen LogP contribution in [0.4, 0.5) is 0 Å². The van der Waals surface area contributed by atoms with Crippen molar-refractivity contribution < 1.29 is 19.1 Å². The Hall–Kier alpha value is -3.28. The number of nitrogens with zero attached hydrogens (tertiary/aromatic N) is 1. The van der Waals surface area contributed by atoms with Gasteiger partial charge in [-0.15, -0.1) is 0 Å². The van der Waals surface area contributed by atoms with Gasteiger partial charge in [0.05, 0.1) is 23.6 Å². The minimum absolute atomic E-state index is 0.0193. The highest BCUT2D eigenvalue weighted by Gasteiger charge is 2.42. The summed E-state index contributed by atoms with van der Waals surface area (Å²) in [6.45, 7) is 4.78. The molecule has 0 unspecified atom stereocenters. The number of para-hydroxylation sites is 1. The second-order valence-electron chi connectivity index (χ2n) is 7.08. The Balaban J connectivity index is 1.94. The van der Waals surface area contributed by atoms with Crippen LogP contribution in [0.5, 0.6) is 11.5 Å². The summed E-state index contributed by atoms with van der Waals surface area (Å²) in [4.78, 5) is 28.2. The summed E-state index contributed by atoms with van der Waals surface area (Å²) in [7, 11) is 0. The quantitative estimate of drug-likeness (QED) is 0.677. The maximum atomic E-state index is 13.3. The molecule has 1 amide bonds. The van der Waals surface area contributed by atoms with Crippen molar-refractivity contribution >= 4 is 16.9 Å². The molecule has 150 valence electrons. The molecule has 0 saturated carbocycles. The lowest BCUT2D eigenvalue weighted by molar-refractivity contribution is 0.0725. The summed E-state index contributed by atoms with van der Waals surface area (Å²) >= 11 is 0. The lowest BCUT2D eigenvalue weighted by atomic mass is 9.98. The topological polar surface area (TPSA) is 80.0 Å². The van der Waals surface area contributed by atoms with Gasteiger partial charge in [-0.1, -0.05) is 31.5 Å². The average Bonchev–Trinajstić information content (AvgIpc) is 3.00. The van der Waals surface area contributed by atoms with Gasteiger partial charge < -0.3 is 19.2 Å². The number of hydrogen-bond acceptors (Lipinski definition) is 5. The number of benzene rings is 2. The minimum Gasteiger partial charge on any atom is -0.504 e. The van der Waals surface area contributed by atoms with Crippen molar-refractivity contribution in [2.45, 2.75) is 32.7 Å². The fourth-order valence-corrected chi connectivity index (χ4v) is 3.84. The molecule has 4 rings (SSSR count). The molecule has 1 N–H and O–H groups in total. The third kappa shape index (κ3) is 3.14. The number of hydrogen-bond donors (Lipinski definition) is 1. The van der Waals surface area contributed by atoms with E-state index >= 15 is 0 Å². The number of fused-ring (bicyclic) bond motifs is 2. The van der Waals surface area contributed by atoms with E-state index in [4.69, 9.17) is 9.15 Å². The number of unbranched alkanes of at least 4 members (excludes halogenated alkanes) is 1. The van der Waals surface area contributed by atoms with Gasteiger partial charge in [-0.2, -0.15) is 0 Å². The van der Waals surface area contributed by atoms with E-state index in [-0.39, 0.29) is 22.8 Å². The third-order valence-corrected chi connectivity index (χ3v) is 5.23. The van der Waals surface area contributed by atoms with Gasteiger partial charge in [0.25, 0.3) is 5.91 Å². The minimum atomic E-state index is -0.579. The zero-order chi connectivity index (χ0) is 20.5. The Labute approximate surface area is 168 Å². The van der Waals surface area contributed by atoms with E-state index in [1.54, 1.807) is 41.3 Å². The van der Waals surface area contributed by atoms with Gasteiger partial charge in [-0.05, 0) is 43.2 Å². The van der Waals surface area contributed by atoms with Gasteiger partial charge in [-0.3, -0.25) is 9.59 Å². The van der Waals surface area contributed by atoms with Crippen molar-refractivity contribution in [2.75, 3.05) is 13.2 Å². The average molecular weight is 393 g/mol. The molecule has 6 heteroatoms. The number of carbonyl (C=O) groups excluding carboxylic acids is 1. The Morgan fingerprint density at radius 1 is 1.14 bits per heavy atom. The highest BCUT2D eigenvalue weighted by Crippen LogP contribution is 2.40. The first-order valence-corrected chi connectivity index (χ1v) is 9.89. The van der Waals surface area contributed by atoms with Crippen LogP contribution in [0.15, 0.2) is 51.7 Å². The van der Waals surface area contributed by atoms with Gasteiger partial charge in [0.1, 0.15) is 5.58 Å². The van der Waals surface area contributed by atoms with Crippen LogP contribution in [-0.2, 0) is 0 Å². The van der Waals surface area contributed by atoms with Crippen LogP contribution in [0.2, 0.25) is 0 Å². The Morgan fingerprint density at radius 2 is 1.93 bits per heavy atom. The Morgan fingerprint density at radius 3 is 2.69 bits per heavy atom. The summed E-state index contributed by atoms with van der Waals surface area (Å²) in [6, 6.07) is 11.3. The number of aromatic hydroxyl groups is 1. The van der Waals surface area contributed by atoms with Gasteiger partial charge in [-0.25, -0.2) is 0 Å². The lowest BCUT2D eigenvalue weighted by Crippen LogP contribution is -2.30. The van der Waals surface area contributed by atoms with E-state index in [0.717, 1.165) is 12.8 Å². The molecule has 0 aliphatic carbocycles. The molecular weight excluding hydrogens is 370 g/mol. The fraction of sp³-hybridized carbons (Fsp3) is 0.304. The molecule has 1 aliphatic heterocycles. The number of rotatable bonds is 6. The number of ether oxygens (including phenoxy) is 1. The van der Waals surface area contributed by atoms with E-state index < -0.39 is 6.04 Å². The van der Waals surface area contributed by atoms with Gasteiger partial charge in [0, 0.05) is 6.54 Å². The predicted octanol–water partition coefficient (Wildman–Crippen LogP) is 4.24. The van der Waals surface area contributed by atoms with Crippen LogP contribution in [0, 0.1) is 0 Å². The maximum absolute atomic E-state index is 13.3. The molecule has 1 atom stereocenters. The first-order chi connectivity index (χ1) is 14.1. The molecule has 1 aliphatic rings. The molecule has 2 aromatic carbocycles. The molecule has 0 spiro atoms. The molecule has 0 saturated heterocycles. The van der Waals surface area contributed by atoms with E-state index in [1.165, 1.54) is 6.07 Å². The zero-order valence-corrected chi connectivity index (χ0v) is 16.5. The summed E-state index contributed by atoms with van der Waals surface area (Å²) in [5.41, 5.74) is 1.25. The molecule has 29 heavy (non-hydrogen) atoms. The predicted molar refractivity (Wildman–Crippen MR) is 110 cm³/mol. The number of phenolic OH excluding ortho intramolecular Hbond substituents is 1.